The highest BCUT2D eigenvalue weighted by molar-refractivity contribution is 7.71. The van der Waals surface area contributed by atoms with E-state index < -0.39 is 70.5 Å². The molecule has 2 aliphatic heterocycles. The summed E-state index contributed by atoms with van der Waals surface area (Å²) in [6.45, 7) is -1.57. The van der Waals surface area contributed by atoms with Crippen LogP contribution in [0.5, 0.6) is 0 Å². The molecule has 4 aromatic heterocycles. The molecular formula is C21H21N9O12P2S. The van der Waals surface area contributed by atoms with Crippen LogP contribution in [-0.4, -0.2) is 90.6 Å². The third-order valence-corrected chi connectivity index (χ3v) is 9.29. The number of allylic oxidation sites excluding steroid dienone is 1. The Kier molecular flexibility index (Phi) is 7.05. The minimum absolute atomic E-state index is 0.0564. The fourth-order valence-electron chi connectivity index (χ4n) is 5.13. The summed E-state index contributed by atoms with van der Waals surface area (Å²) in [5.41, 5.74) is 5.17. The van der Waals surface area contributed by atoms with E-state index in [0.717, 1.165) is 6.33 Å². The van der Waals surface area contributed by atoms with Gasteiger partial charge in [0.15, 0.2) is 33.6 Å². The Morgan fingerprint density at radius 2 is 1.89 bits per heavy atom. The van der Waals surface area contributed by atoms with E-state index in [1.54, 1.807) is 0 Å². The van der Waals surface area contributed by atoms with Crippen LogP contribution in [-0.2, 0) is 32.0 Å². The number of H-pyrrole nitrogens is 2. The van der Waals surface area contributed by atoms with E-state index >= 15 is 0 Å². The number of imidazole rings is 2. The Hall–Kier alpha value is -3.82. The second kappa shape index (κ2) is 10.6. The molecule has 0 aromatic carbocycles. The van der Waals surface area contributed by atoms with Crippen molar-refractivity contribution in [2.24, 2.45) is 0 Å². The number of nitrogens with two attached hydrogens (primary N) is 1. The number of nitrogens with one attached hydrogen (secondary N) is 2. The molecule has 0 spiro atoms. The molecule has 7 rings (SSSR count). The molecule has 0 radical (unpaired) electrons. The van der Waals surface area contributed by atoms with E-state index in [4.69, 9.17) is 40.8 Å². The lowest BCUT2D eigenvalue weighted by Crippen LogP contribution is -2.36. The van der Waals surface area contributed by atoms with Crippen LogP contribution in [0.15, 0.2) is 40.9 Å². The average Bonchev–Trinajstić information content (AvgIpc) is 3.72. The van der Waals surface area contributed by atoms with Crippen LogP contribution in [0.2, 0.25) is 0 Å². The quantitative estimate of drug-likeness (QED) is 0.112. The number of fused-ring (bicyclic) bond motifs is 4. The maximum Gasteiger partial charge on any atom is 0.527 e. The lowest BCUT2D eigenvalue weighted by molar-refractivity contribution is -0.0507. The number of aliphatic hydroxyl groups is 2. The second-order valence-corrected chi connectivity index (χ2v) is 13.1. The summed E-state index contributed by atoms with van der Waals surface area (Å²) >= 11 is 5.16. The van der Waals surface area contributed by atoms with Gasteiger partial charge >= 0.3 is 15.6 Å². The zero-order chi connectivity index (χ0) is 31.8. The molecule has 238 valence electrons. The largest absolute Gasteiger partial charge is 0.527 e. The molecule has 24 heteroatoms. The van der Waals surface area contributed by atoms with Gasteiger partial charge in [-0.15, -0.1) is 0 Å². The van der Waals surface area contributed by atoms with Crippen molar-refractivity contribution in [3.8, 4) is 0 Å². The first-order valence-corrected chi connectivity index (χ1v) is 16.2. The van der Waals surface area contributed by atoms with E-state index in [2.05, 4.69) is 29.9 Å². The number of hydrogen-bond acceptors (Lipinski definition) is 16. The van der Waals surface area contributed by atoms with Gasteiger partial charge in [0.25, 0.3) is 5.56 Å². The number of aliphatic hydroxyl groups excluding tert-OH is 2. The number of hydrogen-bond donors (Lipinski definition) is 7. The molecule has 8 N–H and O–H groups in total. The van der Waals surface area contributed by atoms with Crippen LogP contribution >= 0.6 is 27.9 Å². The predicted molar refractivity (Wildman–Crippen MR) is 150 cm³/mol. The van der Waals surface area contributed by atoms with Crippen molar-refractivity contribution in [3.63, 3.8) is 0 Å². The molecule has 21 nitrogen and oxygen atoms in total. The Morgan fingerprint density at radius 1 is 1.11 bits per heavy atom. The molecule has 1 fully saturated rings. The number of aromatic nitrogens is 8. The summed E-state index contributed by atoms with van der Waals surface area (Å²) < 4.78 is 55.7. The smallest absolute Gasteiger partial charge is 0.504 e. The zero-order valence-corrected chi connectivity index (χ0v) is 24.9. The number of nitrogens with zero attached hydrogens (tertiary/aromatic N) is 6. The fourth-order valence-corrected chi connectivity index (χ4v) is 7.09. The minimum atomic E-state index is -5.12. The van der Waals surface area contributed by atoms with Crippen molar-refractivity contribution in [3.05, 3.63) is 51.1 Å². The fraction of sp³-hybridized carbons (Fsp3) is 0.333. The van der Waals surface area contributed by atoms with Crippen LogP contribution in [0.3, 0.4) is 0 Å². The van der Waals surface area contributed by atoms with Crippen LogP contribution in [0.25, 0.3) is 28.0 Å². The summed E-state index contributed by atoms with van der Waals surface area (Å²) in [7, 11) is -10.1. The number of aromatic amines is 2. The number of anilines is 1. The van der Waals surface area contributed by atoms with E-state index in [1.807, 2.05) is 0 Å². The molecule has 0 saturated carbocycles. The summed E-state index contributed by atoms with van der Waals surface area (Å²) in [4.78, 5) is 54.8. The van der Waals surface area contributed by atoms with Gasteiger partial charge in [0.1, 0.15) is 35.8 Å². The molecule has 0 amide bonds. The third kappa shape index (κ3) is 5.20. The van der Waals surface area contributed by atoms with Crippen molar-refractivity contribution in [1.29, 1.82) is 0 Å². The van der Waals surface area contributed by atoms with Crippen LogP contribution in [0.1, 0.15) is 12.6 Å². The minimum Gasteiger partial charge on any atom is -0.504 e. The summed E-state index contributed by atoms with van der Waals surface area (Å²) in [5, 5.41) is 22.1. The predicted octanol–water partition coefficient (Wildman–Crippen LogP) is 0.496. The molecule has 4 unspecified atom stereocenters. The SMILES string of the molecule is Nc1nc2c(ncn2C2=C3OP(=O)(O)OC[C@H]4O[C@@H](n5cnc6c(=S)nc[nH]c65)C(O)C4OP(=O)(O)OCC(=C3O)C2)c(=O)[nH]1. The van der Waals surface area contributed by atoms with E-state index in [0.29, 0.717) is 0 Å². The first-order chi connectivity index (χ1) is 21.3. The normalized spacial score (nSPS) is 31.1. The standard InChI is InChI=1S/C21H21N9O12P2S/c22-21-27-17-10(18(33)28-21)25-5-29(17)8-1-7-2-38-43(34,35)42-15-9(3-39-44(36,37)41-14(8)12(7)31)40-20(13(15)32)30-6-26-11-16(30)23-4-24-19(11)45/h4-6,9,13,15,20,31-32H,1-3H2,(H,34,35)(H,36,37)(H,23,24,45)(H3,22,27,28,33)/t9-,13?,15?,20-/m1/s1. The van der Waals surface area contributed by atoms with Crippen molar-refractivity contribution in [1.82, 2.24) is 39.0 Å². The van der Waals surface area contributed by atoms with E-state index in [9.17, 15) is 33.9 Å². The molecule has 3 aliphatic rings. The number of phosphoric acid groups is 2. The van der Waals surface area contributed by atoms with E-state index in [1.165, 1.54) is 21.8 Å². The van der Waals surface area contributed by atoms with Gasteiger partial charge in [0, 0.05) is 12.0 Å². The number of phosphoric ester groups is 2. The lowest BCUT2D eigenvalue weighted by atomic mass is 10.1. The van der Waals surface area contributed by atoms with Crippen LogP contribution in [0.4, 0.5) is 5.95 Å². The molecule has 1 saturated heterocycles. The van der Waals surface area contributed by atoms with Gasteiger partial charge in [-0.05, 0) is 0 Å². The Labute approximate surface area is 253 Å². The lowest BCUT2D eigenvalue weighted by Gasteiger charge is -2.23. The molecule has 45 heavy (non-hydrogen) atoms. The van der Waals surface area contributed by atoms with Gasteiger partial charge < -0.3 is 35.1 Å². The molecule has 6 heterocycles. The third-order valence-electron chi connectivity index (χ3n) is 7.14. The zero-order valence-electron chi connectivity index (χ0n) is 22.3. The topological polar surface area (TPSA) is 297 Å². The van der Waals surface area contributed by atoms with Crippen molar-refractivity contribution < 1.29 is 52.0 Å². The van der Waals surface area contributed by atoms with Crippen LogP contribution in [0, 0.1) is 4.64 Å². The number of rotatable bonds is 2. The van der Waals surface area contributed by atoms with Gasteiger partial charge in [-0.1, -0.05) is 12.2 Å². The highest BCUT2D eigenvalue weighted by Gasteiger charge is 2.51. The van der Waals surface area contributed by atoms with Crippen molar-refractivity contribution in [2.75, 3.05) is 18.9 Å². The first kappa shape index (κ1) is 29.9. The monoisotopic (exact) mass is 685 g/mol. The Morgan fingerprint density at radius 3 is 2.69 bits per heavy atom. The van der Waals surface area contributed by atoms with Crippen LogP contribution < -0.4 is 11.3 Å². The summed E-state index contributed by atoms with van der Waals surface area (Å²) in [6.07, 6.45) is -2.68. The highest BCUT2D eigenvalue weighted by Crippen LogP contribution is 2.54. The Bertz CT molecular complexity index is 2160. The van der Waals surface area contributed by atoms with Gasteiger partial charge in [0.05, 0.1) is 31.6 Å². The summed E-state index contributed by atoms with van der Waals surface area (Å²) in [5.74, 6) is -1.58. The summed E-state index contributed by atoms with van der Waals surface area (Å²) in [6, 6.07) is 0. The van der Waals surface area contributed by atoms with Gasteiger partial charge in [0.2, 0.25) is 5.95 Å². The van der Waals surface area contributed by atoms with E-state index in [-0.39, 0.29) is 50.6 Å². The molecule has 4 aromatic rings. The van der Waals surface area contributed by atoms with Crippen molar-refractivity contribution in [2.45, 2.75) is 31.0 Å². The highest BCUT2D eigenvalue weighted by atomic mass is 32.1. The molecule has 2 bridgehead atoms. The van der Waals surface area contributed by atoms with Crippen molar-refractivity contribution >= 4 is 61.8 Å². The second-order valence-electron chi connectivity index (χ2n) is 9.92. The van der Waals surface area contributed by atoms with Gasteiger partial charge in [-0.2, -0.15) is 4.98 Å². The molecular weight excluding hydrogens is 664 g/mol. The average molecular weight is 685 g/mol. The van der Waals surface area contributed by atoms with Gasteiger partial charge in [-0.25, -0.2) is 24.1 Å². The molecule has 6 atom stereocenters. The number of ether oxygens (including phenoxy) is 1. The first-order valence-electron chi connectivity index (χ1n) is 12.8. The number of nitrogen functional groups attached to an aromatic ring is 1. The maximum absolute atomic E-state index is 13.2. The maximum atomic E-state index is 13.2. The van der Waals surface area contributed by atoms with Gasteiger partial charge in [-0.3, -0.25) is 37.4 Å². The Balaban J connectivity index is 1.25. The molecule has 1 aliphatic carbocycles.